The highest BCUT2D eigenvalue weighted by atomic mass is 16.5. The number of nitrogen functional groups attached to an aromatic ring is 1. The fraction of sp³-hybridized carbons (Fsp3) is 0.333. The van der Waals surface area contributed by atoms with Crippen LogP contribution in [0.15, 0.2) is 18.2 Å². The van der Waals surface area contributed by atoms with Crippen molar-refractivity contribution in [2.24, 2.45) is 7.05 Å². The molecule has 6 heteroatoms. The molecule has 0 spiro atoms. The smallest absolute Gasteiger partial charge is 0.338 e. The monoisotopic (exact) mass is 289 g/mol. The van der Waals surface area contributed by atoms with Gasteiger partial charge in [0.1, 0.15) is 5.69 Å². The first-order chi connectivity index (χ1) is 9.93. The van der Waals surface area contributed by atoms with Crippen LogP contribution in [0.5, 0.6) is 11.5 Å². The summed E-state index contributed by atoms with van der Waals surface area (Å²) < 4.78 is 12.5. The van der Waals surface area contributed by atoms with Crippen molar-refractivity contribution in [3.05, 3.63) is 35.2 Å². The SMILES string of the molecule is CCOC(=O)c1ccc(N)c(Oc2c(C)nn(C)c2C)c1. The average Bonchev–Trinajstić information content (AvgIpc) is 2.68. The molecule has 1 aromatic heterocycles. The minimum Gasteiger partial charge on any atom is -0.462 e. The van der Waals surface area contributed by atoms with Crippen molar-refractivity contribution >= 4 is 11.7 Å². The summed E-state index contributed by atoms with van der Waals surface area (Å²) in [5.74, 6) is 0.659. The number of aryl methyl sites for hydroxylation is 2. The van der Waals surface area contributed by atoms with Gasteiger partial charge in [-0.15, -0.1) is 0 Å². The molecule has 21 heavy (non-hydrogen) atoms. The maximum absolute atomic E-state index is 11.8. The van der Waals surface area contributed by atoms with Crippen molar-refractivity contribution in [2.45, 2.75) is 20.8 Å². The van der Waals surface area contributed by atoms with Crippen LogP contribution >= 0.6 is 0 Å². The number of anilines is 1. The lowest BCUT2D eigenvalue weighted by molar-refractivity contribution is 0.0526. The first kappa shape index (κ1) is 14.9. The summed E-state index contributed by atoms with van der Waals surface area (Å²) in [4.78, 5) is 11.8. The van der Waals surface area contributed by atoms with E-state index >= 15 is 0 Å². The van der Waals surface area contributed by atoms with Gasteiger partial charge in [-0.1, -0.05) is 0 Å². The van der Waals surface area contributed by atoms with Crippen molar-refractivity contribution in [3.63, 3.8) is 0 Å². The maximum atomic E-state index is 11.8. The minimum atomic E-state index is -0.401. The molecule has 2 aromatic rings. The largest absolute Gasteiger partial charge is 0.462 e. The van der Waals surface area contributed by atoms with E-state index in [9.17, 15) is 4.79 Å². The summed E-state index contributed by atoms with van der Waals surface area (Å²) in [5, 5.41) is 4.28. The molecule has 0 aliphatic carbocycles. The molecule has 112 valence electrons. The van der Waals surface area contributed by atoms with E-state index in [1.54, 1.807) is 29.8 Å². The Morgan fingerprint density at radius 3 is 2.67 bits per heavy atom. The molecular weight excluding hydrogens is 270 g/mol. The number of hydrogen-bond donors (Lipinski definition) is 1. The molecule has 2 rings (SSSR count). The molecule has 0 atom stereocenters. The van der Waals surface area contributed by atoms with Crippen LogP contribution in [0.2, 0.25) is 0 Å². The molecule has 0 aliphatic rings. The number of ether oxygens (including phenoxy) is 2. The lowest BCUT2D eigenvalue weighted by Gasteiger charge is -2.10. The second kappa shape index (κ2) is 5.87. The fourth-order valence-electron chi connectivity index (χ4n) is 1.98. The second-order valence-corrected chi connectivity index (χ2v) is 4.70. The van der Waals surface area contributed by atoms with E-state index in [-0.39, 0.29) is 0 Å². The van der Waals surface area contributed by atoms with Gasteiger partial charge in [-0.2, -0.15) is 5.10 Å². The number of carbonyl (C=O) groups excluding carboxylic acids is 1. The Morgan fingerprint density at radius 2 is 2.10 bits per heavy atom. The Labute approximate surface area is 123 Å². The number of hydrogen-bond acceptors (Lipinski definition) is 5. The van der Waals surface area contributed by atoms with E-state index < -0.39 is 5.97 Å². The minimum absolute atomic E-state index is 0.320. The van der Waals surface area contributed by atoms with Crippen LogP contribution in [0.3, 0.4) is 0 Å². The lowest BCUT2D eigenvalue weighted by atomic mass is 10.2. The van der Waals surface area contributed by atoms with Crippen LogP contribution < -0.4 is 10.5 Å². The molecule has 0 saturated carbocycles. The molecule has 0 radical (unpaired) electrons. The van der Waals surface area contributed by atoms with Gasteiger partial charge in [0.2, 0.25) is 0 Å². The van der Waals surface area contributed by atoms with E-state index in [4.69, 9.17) is 15.2 Å². The van der Waals surface area contributed by atoms with Crippen LogP contribution in [-0.2, 0) is 11.8 Å². The van der Waals surface area contributed by atoms with Crippen LogP contribution in [0.4, 0.5) is 5.69 Å². The Kier molecular flexibility index (Phi) is 4.16. The highest BCUT2D eigenvalue weighted by Gasteiger charge is 2.15. The number of carbonyl (C=O) groups is 1. The molecule has 1 aromatic carbocycles. The van der Waals surface area contributed by atoms with Crippen molar-refractivity contribution < 1.29 is 14.3 Å². The molecule has 1 heterocycles. The van der Waals surface area contributed by atoms with E-state index in [0.717, 1.165) is 11.4 Å². The van der Waals surface area contributed by atoms with Crippen molar-refractivity contribution in [1.29, 1.82) is 0 Å². The van der Waals surface area contributed by atoms with Gasteiger partial charge in [0, 0.05) is 7.05 Å². The van der Waals surface area contributed by atoms with Gasteiger partial charge in [-0.3, -0.25) is 4.68 Å². The summed E-state index contributed by atoms with van der Waals surface area (Å²) in [6.07, 6.45) is 0. The summed E-state index contributed by atoms with van der Waals surface area (Å²) in [7, 11) is 1.84. The van der Waals surface area contributed by atoms with E-state index in [2.05, 4.69) is 5.10 Å². The highest BCUT2D eigenvalue weighted by Crippen LogP contribution is 2.32. The lowest BCUT2D eigenvalue weighted by Crippen LogP contribution is -2.05. The Hall–Kier alpha value is -2.50. The molecular formula is C15H19N3O3. The number of benzene rings is 1. The molecule has 0 fully saturated rings. The summed E-state index contributed by atoms with van der Waals surface area (Å²) in [6, 6.07) is 4.82. The topological polar surface area (TPSA) is 79.4 Å². The summed E-state index contributed by atoms with van der Waals surface area (Å²) >= 11 is 0. The average molecular weight is 289 g/mol. The van der Waals surface area contributed by atoms with Crippen LogP contribution in [0.1, 0.15) is 28.7 Å². The zero-order valence-corrected chi connectivity index (χ0v) is 12.6. The maximum Gasteiger partial charge on any atom is 0.338 e. The predicted octanol–water partition coefficient (Wildman–Crippen LogP) is 2.59. The summed E-state index contributed by atoms with van der Waals surface area (Å²) in [6.45, 7) is 5.84. The van der Waals surface area contributed by atoms with Crippen LogP contribution in [0.25, 0.3) is 0 Å². The van der Waals surface area contributed by atoms with Crippen LogP contribution in [0, 0.1) is 13.8 Å². The fourth-order valence-corrected chi connectivity index (χ4v) is 1.98. The molecule has 0 saturated heterocycles. The molecule has 6 nitrogen and oxygen atoms in total. The number of nitrogens with two attached hydrogens (primary N) is 1. The van der Waals surface area contributed by atoms with Gasteiger partial charge in [0.05, 0.1) is 23.6 Å². The highest BCUT2D eigenvalue weighted by molar-refractivity contribution is 5.90. The van der Waals surface area contributed by atoms with Gasteiger partial charge < -0.3 is 15.2 Å². The first-order valence-electron chi connectivity index (χ1n) is 6.68. The van der Waals surface area contributed by atoms with Crippen LogP contribution in [-0.4, -0.2) is 22.4 Å². The Morgan fingerprint density at radius 1 is 1.38 bits per heavy atom. The zero-order valence-electron chi connectivity index (χ0n) is 12.6. The molecule has 0 amide bonds. The first-order valence-corrected chi connectivity index (χ1v) is 6.68. The quantitative estimate of drug-likeness (QED) is 0.691. The third kappa shape index (κ3) is 2.99. The normalized spacial score (nSPS) is 10.5. The Balaban J connectivity index is 2.35. The van der Waals surface area contributed by atoms with Crippen molar-refractivity contribution in [2.75, 3.05) is 12.3 Å². The third-order valence-corrected chi connectivity index (χ3v) is 3.18. The second-order valence-electron chi connectivity index (χ2n) is 4.70. The molecule has 0 bridgehead atoms. The van der Waals surface area contributed by atoms with Gasteiger partial charge in [-0.25, -0.2) is 4.79 Å². The van der Waals surface area contributed by atoms with Gasteiger partial charge in [-0.05, 0) is 39.0 Å². The molecule has 0 unspecified atom stereocenters. The number of aromatic nitrogens is 2. The standard InChI is InChI=1S/C15H19N3O3/c1-5-20-15(19)11-6-7-12(16)13(8-11)21-14-9(2)17-18(4)10(14)3/h6-8H,5,16H2,1-4H3. The summed E-state index contributed by atoms with van der Waals surface area (Å²) in [5.41, 5.74) is 8.41. The number of rotatable bonds is 4. The predicted molar refractivity (Wildman–Crippen MR) is 79.6 cm³/mol. The van der Waals surface area contributed by atoms with Crippen molar-refractivity contribution in [1.82, 2.24) is 9.78 Å². The third-order valence-electron chi connectivity index (χ3n) is 3.18. The number of nitrogens with zero attached hydrogens (tertiary/aromatic N) is 2. The molecule has 0 aliphatic heterocycles. The van der Waals surface area contributed by atoms with Gasteiger partial charge in [0.25, 0.3) is 0 Å². The van der Waals surface area contributed by atoms with Gasteiger partial charge in [0.15, 0.2) is 11.5 Å². The van der Waals surface area contributed by atoms with Crippen molar-refractivity contribution in [3.8, 4) is 11.5 Å². The van der Waals surface area contributed by atoms with E-state index in [1.165, 1.54) is 0 Å². The zero-order chi connectivity index (χ0) is 15.6. The van der Waals surface area contributed by atoms with E-state index in [1.807, 2.05) is 20.9 Å². The van der Waals surface area contributed by atoms with Gasteiger partial charge >= 0.3 is 5.97 Å². The Bertz CT molecular complexity index is 677. The molecule has 2 N–H and O–H groups in total. The van der Waals surface area contributed by atoms with E-state index in [0.29, 0.717) is 29.4 Å². The number of esters is 1.